The van der Waals surface area contributed by atoms with Crippen molar-refractivity contribution in [1.29, 1.82) is 0 Å². The van der Waals surface area contributed by atoms with Gasteiger partial charge in [0.15, 0.2) is 0 Å². The number of piperidine rings is 1. The van der Waals surface area contributed by atoms with Gasteiger partial charge >= 0.3 is 0 Å². The van der Waals surface area contributed by atoms with E-state index in [0.717, 1.165) is 5.75 Å². The molecule has 0 bridgehead atoms. The first-order valence-electron chi connectivity index (χ1n) is 7.14. The summed E-state index contributed by atoms with van der Waals surface area (Å²) in [4.78, 5) is 4.02. The molecule has 18 heavy (non-hydrogen) atoms. The Morgan fingerprint density at radius 1 is 1.06 bits per heavy atom. The summed E-state index contributed by atoms with van der Waals surface area (Å²) in [5.41, 5.74) is 0.628. The zero-order valence-corrected chi connectivity index (χ0v) is 10.9. The Morgan fingerprint density at radius 2 is 1.72 bits per heavy atom. The molecule has 1 spiro atoms. The van der Waals surface area contributed by atoms with Crippen molar-refractivity contribution in [2.45, 2.75) is 44.6 Å². The topological polar surface area (TPSA) is 34.1 Å². The van der Waals surface area contributed by atoms with Gasteiger partial charge in [-0.2, -0.15) is 0 Å². The Bertz CT molecular complexity index is 363. The fourth-order valence-electron chi connectivity index (χ4n) is 3.39. The van der Waals surface area contributed by atoms with Crippen LogP contribution in [0.15, 0.2) is 24.5 Å². The van der Waals surface area contributed by atoms with Gasteiger partial charge in [-0.1, -0.05) is 0 Å². The highest BCUT2D eigenvalue weighted by Gasteiger charge is 2.36. The maximum Gasteiger partial charge on any atom is 0.122 e. The predicted molar refractivity (Wildman–Crippen MR) is 71.7 cm³/mol. The minimum absolute atomic E-state index is 0.410. The first kappa shape index (κ1) is 12.0. The number of pyridine rings is 1. The lowest BCUT2D eigenvalue weighted by Crippen LogP contribution is -2.40. The van der Waals surface area contributed by atoms with Crippen molar-refractivity contribution in [2.24, 2.45) is 5.41 Å². The molecule has 98 valence electrons. The van der Waals surface area contributed by atoms with E-state index in [9.17, 15) is 0 Å². The molecular weight excluding hydrogens is 224 g/mol. The molecule has 0 unspecified atom stereocenters. The van der Waals surface area contributed by atoms with Gasteiger partial charge in [-0.25, -0.2) is 0 Å². The lowest BCUT2D eigenvalue weighted by atomic mass is 9.68. The van der Waals surface area contributed by atoms with E-state index < -0.39 is 0 Å². The van der Waals surface area contributed by atoms with E-state index in [4.69, 9.17) is 4.74 Å². The second-order valence-electron chi connectivity index (χ2n) is 5.75. The average molecular weight is 246 g/mol. The summed E-state index contributed by atoms with van der Waals surface area (Å²) in [6, 6.07) is 3.91. The Kier molecular flexibility index (Phi) is 3.50. The molecule has 1 aromatic rings. The molecule has 2 fully saturated rings. The number of nitrogens with one attached hydrogen (secondary N) is 1. The first-order chi connectivity index (χ1) is 8.86. The third-order valence-electron chi connectivity index (χ3n) is 4.61. The highest BCUT2D eigenvalue weighted by Crippen LogP contribution is 2.43. The quantitative estimate of drug-likeness (QED) is 0.871. The van der Waals surface area contributed by atoms with Crippen LogP contribution in [0.25, 0.3) is 0 Å². The number of aromatic nitrogens is 1. The minimum atomic E-state index is 0.410. The lowest BCUT2D eigenvalue weighted by Gasteiger charge is -2.43. The van der Waals surface area contributed by atoms with Crippen LogP contribution in [0.3, 0.4) is 0 Å². The standard InChI is InChI=1S/C15H22N2O/c1-5-15(7-11-17-12-8-15)6-2-13(1)18-14-3-9-16-10-4-14/h3-4,9-10,13,17H,1-2,5-8,11-12H2. The number of nitrogens with zero attached hydrogens (tertiary/aromatic N) is 1. The number of hydrogen-bond donors (Lipinski definition) is 1. The van der Waals surface area contributed by atoms with Crippen molar-refractivity contribution in [3.8, 4) is 5.75 Å². The first-order valence-corrected chi connectivity index (χ1v) is 7.14. The molecule has 1 aliphatic heterocycles. The normalized spacial score (nSPS) is 24.0. The minimum Gasteiger partial charge on any atom is -0.490 e. The Balaban J connectivity index is 1.54. The van der Waals surface area contributed by atoms with E-state index in [1.807, 2.05) is 12.1 Å². The smallest absolute Gasteiger partial charge is 0.122 e. The second kappa shape index (κ2) is 5.27. The fourth-order valence-corrected chi connectivity index (χ4v) is 3.39. The van der Waals surface area contributed by atoms with Gasteiger partial charge in [0.25, 0.3) is 0 Å². The number of rotatable bonds is 2. The van der Waals surface area contributed by atoms with Crippen molar-refractivity contribution < 1.29 is 4.74 Å². The Hall–Kier alpha value is -1.09. The van der Waals surface area contributed by atoms with Gasteiger partial charge in [0, 0.05) is 12.4 Å². The molecule has 2 aliphatic rings. The maximum absolute atomic E-state index is 6.03. The van der Waals surface area contributed by atoms with Crippen LogP contribution < -0.4 is 10.1 Å². The molecule has 3 heteroatoms. The Labute approximate surface area is 109 Å². The molecule has 1 saturated carbocycles. The molecule has 3 nitrogen and oxygen atoms in total. The van der Waals surface area contributed by atoms with Gasteiger partial charge < -0.3 is 10.1 Å². The third-order valence-corrected chi connectivity index (χ3v) is 4.61. The molecule has 0 atom stereocenters. The molecule has 0 aromatic carbocycles. The monoisotopic (exact) mass is 246 g/mol. The zero-order chi connectivity index (χ0) is 12.3. The van der Waals surface area contributed by atoms with Crippen LogP contribution in [0, 0.1) is 5.41 Å². The molecule has 0 amide bonds. The second-order valence-corrected chi connectivity index (χ2v) is 5.75. The predicted octanol–water partition coefficient (Wildman–Crippen LogP) is 2.77. The van der Waals surface area contributed by atoms with Crippen molar-refractivity contribution in [3.05, 3.63) is 24.5 Å². The van der Waals surface area contributed by atoms with Crippen LogP contribution >= 0.6 is 0 Å². The SMILES string of the molecule is c1cc(OC2CCC3(CCNCC3)CC2)ccn1. The summed E-state index contributed by atoms with van der Waals surface area (Å²) in [6.07, 6.45) is 11.8. The van der Waals surface area contributed by atoms with Crippen LogP contribution in [0.1, 0.15) is 38.5 Å². The number of ether oxygens (including phenoxy) is 1. The van der Waals surface area contributed by atoms with Crippen LogP contribution in [-0.2, 0) is 0 Å². The fraction of sp³-hybridized carbons (Fsp3) is 0.667. The molecule has 1 aromatic heterocycles. The summed E-state index contributed by atoms with van der Waals surface area (Å²) in [6.45, 7) is 2.41. The molecule has 0 radical (unpaired) electrons. The highest BCUT2D eigenvalue weighted by atomic mass is 16.5. The summed E-state index contributed by atoms with van der Waals surface area (Å²) in [7, 11) is 0. The van der Waals surface area contributed by atoms with Crippen LogP contribution in [-0.4, -0.2) is 24.2 Å². The molecule has 3 rings (SSSR count). The van der Waals surface area contributed by atoms with Gasteiger partial charge in [-0.05, 0) is 69.2 Å². The van der Waals surface area contributed by atoms with Crippen LogP contribution in [0.5, 0.6) is 5.75 Å². The van der Waals surface area contributed by atoms with E-state index in [-0.39, 0.29) is 0 Å². The van der Waals surface area contributed by atoms with Gasteiger partial charge in [0.1, 0.15) is 5.75 Å². The largest absolute Gasteiger partial charge is 0.490 e. The van der Waals surface area contributed by atoms with Crippen molar-refractivity contribution in [2.75, 3.05) is 13.1 Å². The summed E-state index contributed by atoms with van der Waals surface area (Å²) in [5, 5.41) is 3.47. The summed E-state index contributed by atoms with van der Waals surface area (Å²) >= 11 is 0. The highest BCUT2D eigenvalue weighted by molar-refractivity contribution is 5.17. The van der Waals surface area contributed by atoms with E-state index in [1.165, 1.54) is 51.6 Å². The lowest BCUT2D eigenvalue weighted by molar-refractivity contribution is 0.0571. The van der Waals surface area contributed by atoms with E-state index in [1.54, 1.807) is 12.4 Å². The van der Waals surface area contributed by atoms with Gasteiger partial charge in [0.2, 0.25) is 0 Å². The van der Waals surface area contributed by atoms with E-state index >= 15 is 0 Å². The zero-order valence-electron chi connectivity index (χ0n) is 10.9. The van der Waals surface area contributed by atoms with Crippen molar-refractivity contribution >= 4 is 0 Å². The third kappa shape index (κ3) is 2.66. The van der Waals surface area contributed by atoms with Gasteiger partial charge in [0.05, 0.1) is 6.10 Å². The molecule has 1 N–H and O–H groups in total. The molecule has 1 aliphatic carbocycles. The summed E-state index contributed by atoms with van der Waals surface area (Å²) < 4.78 is 6.03. The van der Waals surface area contributed by atoms with Crippen LogP contribution in [0.2, 0.25) is 0 Å². The van der Waals surface area contributed by atoms with Gasteiger partial charge in [-0.15, -0.1) is 0 Å². The van der Waals surface area contributed by atoms with E-state index in [2.05, 4.69) is 10.3 Å². The number of hydrogen-bond acceptors (Lipinski definition) is 3. The Morgan fingerprint density at radius 3 is 2.39 bits per heavy atom. The van der Waals surface area contributed by atoms with E-state index in [0.29, 0.717) is 11.5 Å². The maximum atomic E-state index is 6.03. The molecule has 1 saturated heterocycles. The van der Waals surface area contributed by atoms with Crippen LogP contribution in [0.4, 0.5) is 0 Å². The van der Waals surface area contributed by atoms with Crippen molar-refractivity contribution in [3.63, 3.8) is 0 Å². The van der Waals surface area contributed by atoms with Crippen molar-refractivity contribution in [1.82, 2.24) is 10.3 Å². The molecular formula is C15H22N2O. The van der Waals surface area contributed by atoms with Gasteiger partial charge in [-0.3, -0.25) is 4.98 Å². The summed E-state index contributed by atoms with van der Waals surface area (Å²) in [5.74, 6) is 0.969. The average Bonchev–Trinajstić information content (AvgIpc) is 2.44. The molecule has 2 heterocycles.